The van der Waals surface area contributed by atoms with Crippen molar-refractivity contribution >= 4 is 16.9 Å². The van der Waals surface area contributed by atoms with Gasteiger partial charge in [-0.3, -0.25) is 4.90 Å². The minimum absolute atomic E-state index is 0.676. The van der Waals surface area contributed by atoms with E-state index in [1.54, 1.807) is 16.9 Å². The van der Waals surface area contributed by atoms with Crippen molar-refractivity contribution in [2.75, 3.05) is 7.05 Å². The zero-order valence-electron chi connectivity index (χ0n) is 10.6. The van der Waals surface area contributed by atoms with Gasteiger partial charge < -0.3 is 0 Å². The van der Waals surface area contributed by atoms with Crippen LogP contribution in [0, 0.1) is 0 Å². The zero-order chi connectivity index (χ0) is 12.1. The lowest BCUT2D eigenvalue weighted by Gasteiger charge is -2.30. The van der Waals surface area contributed by atoms with Gasteiger partial charge in [0.05, 0.1) is 0 Å². The van der Waals surface area contributed by atoms with E-state index in [0.717, 1.165) is 6.04 Å². The maximum Gasteiger partial charge on any atom is 0.0284 e. The molecule has 18 heavy (non-hydrogen) atoms. The van der Waals surface area contributed by atoms with Gasteiger partial charge in [-0.25, -0.2) is 0 Å². The van der Waals surface area contributed by atoms with Crippen LogP contribution in [-0.4, -0.2) is 24.0 Å². The van der Waals surface area contributed by atoms with E-state index >= 15 is 0 Å². The van der Waals surface area contributed by atoms with E-state index in [-0.39, 0.29) is 0 Å². The topological polar surface area (TPSA) is 3.24 Å². The third kappa shape index (κ3) is 1.49. The van der Waals surface area contributed by atoms with Crippen molar-refractivity contribution in [3.63, 3.8) is 0 Å². The van der Waals surface area contributed by atoms with Crippen molar-refractivity contribution in [1.82, 2.24) is 4.90 Å². The molecular formula is C16H17NS. The van der Waals surface area contributed by atoms with Crippen LogP contribution < -0.4 is 0 Å². The molecule has 0 aromatic rings. The molecule has 2 unspecified atom stereocenters. The first-order valence-corrected chi connectivity index (χ1v) is 7.65. The Morgan fingerprint density at radius 3 is 3.00 bits per heavy atom. The Bertz CT molecular complexity index is 583. The van der Waals surface area contributed by atoms with Gasteiger partial charge in [-0.2, -0.15) is 11.3 Å². The second kappa shape index (κ2) is 3.94. The van der Waals surface area contributed by atoms with Crippen LogP contribution in [-0.2, 0) is 0 Å². The summed E-state index contributed by atoms with van der Waals surface area (Å²) in [6.45, 7) is 0. The molecule has 0 N–H and O–H groups in total. The van der Waals surface area contributed by atoms with Crippen molar-refractivity contribution in [2.45, 2.75) is 31.3 Å². The number of hydrogen-bond donors (Lipinski definition) is 0. The summed E-state index contributed by atoms with van der Waals surface area (Å²) in [7, 11) is 2.28. The Morgan fingerprint density at radius 1 is 1.17 bits per heavy atom. The average molecular weight is 255 g/mol. The lowest BCUT2D eigenvalue weighted by atomic mass is 9.94. The third-order valence-electron chi connectivity index (χ3n) is 4.63. The van der Waals surface area contributed by atoms with E-state index in [1.165, 1.54) is 36.0 Å². The van der Waals surface area contributed by atoms with Gasteiger partial charge in [0.2, 0.25) is 0 Å². The van der Waals surface area contributed by atoms with Gasteiger partial charge in [0.15, 0.2) is 0 Å². The average Bonchev–Trinajstić information content (AvgIpc) is 2.88. The summed E-state index contributed by atoms with van der Waals surface area (Å²) in [5, 5.41) is 4.44. The minimum Gasteiger partial charge on any atom is -0.297 e. The molecule has 2 heteroatoms. The van der Waals surface area contributed by atoms with Gasteiger partial charge in [0.25, 0.3) is 0 Å². The van der Waals surface area contributed by atoms with Crippen molar-refractivity contribution in [2.24, 2.45) is 0 Å². The fraction of sp³-hybridized carbons (Fsp3) is 0.375. The summed E-state index contributed by atoms with van der Waals surface area (Å²) in [5.41, 5.74) is 5.88. The lowest BCUT2D eigenvalue weighted by molar-refractivity contribution is 0.264. The Morgan fingerprint density at radius 2 is 2.11 bits per heavy atom. The van der Waals surface area contributed by atoms with Crippen LogP contribution in [0.15, 0.2) is 35.0 Å². The van der Waals surface area contributed by atoms with E-state index < -0.39 is 0 Å². The molecular weight excluding hydrogens is 238 g/mol. The van der Waals surface area contributed by atoms with Crippen LogP contribution in [0.5, 0.6) is 0 Å². The largest absolute Gasteiger partial charge is 0.297 e. The van der Waals surface area contributed by atoms with Gasteiger partial charge in [0.1, 0.15) is 0 Å². The fourth-order valence-electron chi connectivity index (χ4n) is 3.54. The molecule has 3 heterocycles. The molecule has 4 aliphatic rings. The first-order valence-electron chi connectivity index (χ1n) is 6.71. The second-order valence-electron chi connectivity index (χ2n) is 5.53. The van der Waals surface area contributed by atoms with Crippen LogP contribution in [0.25, 0.3) is 16.7 Å². The Balaban J connectivity index is 1.79. The Hall–Kier alpha value is -1.12. The highest BCUT2D eigenvalue weighted by atomic mass is 32.1. The molecule has 1 nitrogen and oxygen atoms in total. The maximum atomic E-state index is 2.55. The molecule has 1 fully saturated rings. The SMILES string of the molecule is CN1C2C=C(c3ccc4csccc3-4)CC1CC2. The van der Waals surface area contributed by atoms with Crippen molar-refractivity contribution < 1.29 is 0 Å². The Labute approximate surface area is 112 Å². The van der Waals surface area contributed by atoms with Gasteiger partial charge in [-0.05, 0) is 65.4 Å². The summed E-state index contributed by atoms with van der Waals surface area (Å²) in [5.74, 6) is 0. The third-order valence-corrected chi connectivity index (χ3v) is 5.31. The molecule has 3 aliphatic heterocycles. The zero-order valence-corrected chi connectivity index (χ0v) is 11.4. The number of likely N-dealkylation sites (N-methyl/N-ethyl adjacent to an activating group) is 1. The first kappa shape index (κ1) is 10.8. The monoisotopic (exact) mass is 255 g/mol. The van der Waals surface area contributed by atoms with E-state index in [1.807, 2.05) is 0 Å². The quantitative estimate of drug-likeness (QED) is 0.741. The summed E-state index contributed by atoms with van der Waals surface area (Å²) in [6, 6.07) is 8.30. The molecule has 0 aromatic heterocycles. The van der Waals surface area contributed by atoms with Crippen LogP contribution in [0.2, 0.25) is 0 Å². The minimum atomic E-state index is 0.676. The normalized spacial score (nSPS) is 27.7. The second-order valence-corrected chi connectivity index (χ2v) is 6.31. The number of nitrogens with zero attached hydrogens (tertiary/aromatic N) is 1. The van der Waals surface area contributed by atoms with Gasteiger partial charge in [0, 0.05) is 12.1 Å². The number of rotatable bonds is 1. The van der Waals surface area contributed by atoms with E-state index in [2.05, 4.69) is 47.0 Å². The van der Waals surface area contributed by atoms with Gasteiger partial charge in [-0.15, -0.1) is 0 Å². The first-order chi connectivity index (χ1) is 8.83. The summed E-state index contributed by atoms with van der Waals surface area (Å²) < 4.78 is 0. The summed E-state index contributed by atoms with van der Waals surface area (Å²) in [4.78, 5) is 2.55. The molecule has 0 amide bonds. The standard InChI is InChI=1S/C16H17NS/c1-17-13-3-4-14(17)9-12(8-13)15-5-2-11-10-18-7-6-16(11)15/h2,5-8,10,13-14H,3-4,9H2,1H3. The van der Waals surface area contributed by atoms with E-state index in [9.17, 15) is 0 Å². The predicted octanol–water partition coefficient (Wildman–Crippen LogP) is 4.10. The lowest BCUT2D eigenvalue weighted by Crippen LogP contribution is -2.34. The molecule has 2 bridgehead atoms. The molecule has 0 radical (unpaired) electrons. The number of hydrogen-bond acceptors (Lipinski definition) is 2. The van der Waals surface area contributed by atoms with Crippen molar-refractivity contribution in [3.05, 3.63) is 40.6 Å². The van der Waals surface area contributed by atoms with Crippen LogP contribution >= 0.6 is 11.3 Å². The molecule has 1 aliphatic carbocycles. The summed E-state index contributed by atoms with van der Waals surface area (Å²) in [6.07, 6.45) is 6.44. The van der Waals surface area contributed by atoms with Crippen LogP contribution in [0.4, 0.5) is 0 Å². The van der Waals surface area contributed by atoms with Crippen molar-refractivity contribution in [1.29, 1.82) is 0 Å². The fourth-order valence-corrected chi connectivity index (χ4v) is 4.18. The predicted molar refractivity (Wildman–Crippen MR) is 78.1 cm³/mol. The summed E-state index contributed by atoms with van der Waals surface area (Å²) >= 11 is 1.78. The van der Waals surface area contributed by atoms with Gasteiger partial charge in [-0.1, -0.05) is 18.2 Å². The van der Waals surface area contributed by atoms with Crippen LogP contribution in [0.3, 0.4) is 0 Å². The molecule has 92 valence electrons. The molecule has 2 atom stereocenters. The highest BCUT2D eigenvalue weighted by molar-refractivity contribution is 7.07. The maximum absolute atomic E-state index is 2.55. The molecule has 0 spiro atoms. The van der Waals surface area contributed by atoms with Crippen molar-refractivity contribution in [3.8, 4) is 11.1 Å². The number of fused-ring (bicyclic) bond motifs is 3. The van der Waals surface area contributed by atoms with E-state index in [4.69, 9.17) is 0 Å². The van der Waals surface area contributed by atoms with E-state index in [0.29, 0.717) is 6.04 Å². The van der Waals surface area contributed by atoms with Crippen LogP contribution in [0.1, 0.15) is 24.8 Å². The molecule has 0 aromatic carbocycles. The van der Waals surface area contributed by atoms with Gasteiger partial charge >= 0.3 is 0 Å². The Kier molecular flexibility index (Phi) is 2.36. The molecule has 4 rings (SSSR count). The molecule has 1 saturated heterocycles. The highest BCUT2D eigenvalue weighted by Crippen LogP contribution is 2.41. The smallest absolute Gasteiger partial charge is 0.0284 e. The highest BCUT2D eigenvalue weighted by Gasteiger charge is 2.34. The molecule has 0 saturated carbocycles.